The normalized spacial score (nSPS) is 19.2. The minimum atomic E-state index is -0.0545. The molecule has 1 saturated heterocycles. The molecule has 0 saturated carbocycles. The molecule has 0 unspecified atom stereocenters. The summed E-state index contributed by atoms with van der Waals surface area (Å²) in [5.41, 5.74) is 3.07. The molecule has 146 valence electrons. The van der Waals surface area contributed by atoms with Crippen molar-refractivity contribution >= 4 is 11.8 Å². The van der Waals surface area contributed by atoms with E-state index in [1.165, 1.54) is 0 Å². The summed E-state index contributed by atoms with van der Waals surface area (Å²) in [4.78, 5) is 37.8. The Bertz CT molecular complexity index is 868. The van der Waals surface area contributed by atoms with Gasteiger partial charge in [-0.15, -0.1) is 0 Å². The fraction of sp³-hybridized carbons (Fsp3) is 0.455. The van der Waals surface area contributed by atoms with Crippen molar-refractivity contribution in [2.75, 3.05) is 13.1 Å². The second-order valence-corrected chi connectivity index (χ2v) is 7.65. The number of rotatable bonds is 3. The molecule has 1 aromatic carbocycles. The van der Waals surface area contributed by atoms with Crippen molar-refractivity contribution in [2.24, 2.45) is 0 Å². The fourth-order valence-electron chi connectivity index (χ4n) is 4.13. The van der Waals surface area contributed by atoms with Gasteiger partial charge < -0.3 is 9.80 Å². The summed E-state index contributed by atoms with van der Waals surface area (Å²) in [6.07, 6.45) is 6.01. The first-order chi connectivity index (χ1) is 13.6. The van der Waals surface area contributed by atoms with Gasteiger partial charge in [-0.05, 0) is 24.8 Å². The lowest BCUT2D eigenvalue weighted by molar-refractivity contribution is -0.134. The monoisotopic (exact) mass is 378 g/mol. The standard InChI is InChI=1S/C22H26N4O2/c1-16(27)25-12-10-19-18(15-25)14-23-22(24-19)20-9-5-6-11-26(20)21(28)13-17-7-3-2-4-8-17/h2-4,7-8,14,20H,5-6,9-13,15H2,1H3/t20-/m1/s1. The number of amides is 2. The quantitative estimate of drug-likeness (QED) is 0.824. The molecule has 3 heterocycles. The number of hydrogen-bond acceptors (Lipinski definition) is 4. The molecule has 0 aliphatic carbocycles. The van der Waals surface area contributed by atoms with E-state index in [1.807, 2.05) is 46.3 Å². The Balaban J connectivity index is 1.53. The van der Waals surface area contributed by atoms with E-state index >= 15 is 0 Å². The Kier molecular flexibility index (Phi) is 5.37. The molecule has 1 fully saturated rings. The van der Waals surface area contributed by atoms with Gasteiger partial charge in [0.25, 0.3) is 0 Å². The zero-order chi connectivity index (χ0) is 19.5. The number of carbonyl (C=O) groups excluding carboxylic acids is 2. The van der Waals surface area contributed by atoms with Gasteiger partial charge in [-0.3, -0.25) is 9.59 Å². The van der Waals surface area contributed by atoms with E-state index in [1.54, 1.807) is 6.92 Å². The summed E-state index contributed by atoms with van der Waals surface area (Å²) in [5.74, 6) is 0.968. The van der Waals surface area contributed by atoms with Crippen molar-refractivity contribution in [1.29, 1.82) is 0 Å². The number of nitrogens with zero attached hydrogens (tertiary/aromatic N) is 4. The molecule has 0 radical (unpaired) electrons. The highest BCUT2D eigenvalue weighted by atomic mass is 16.2. The molecule has 2 aliphatic heterocycles. The highest BCUT2D eigenvalue weighted by molar-refractivity contribution is 5.79. The van der Waals surface area contributed by atoms with Crippen LogP contribution in [0, 0.1) is 0 Å². The van der Waals surface area contributed by atoms with Gasteiger partial charge in [-0.1, -0.05) is 30.3 Å². The van der Waals surface area contributed by atoms with Crippen LogP contribution in [-0.2, 0) is 29.0 Å². The van der Waals surface area contributed by atoms with Crippen molar-refractivity contribution in [3.8, 4) is 0 Å². The van der Waals surface area contributed by atoms with E-state index in [0.717, 1.165) is 54.9 Å². The SMILES string of the molecule is CC(=O)N1CCc2nc([C@H]3CCCCN3C(=O)Cc3ccccc3)ncc2C1. The molecule has 1 atom stereocenters. The van der Waals surface area contributed by atoms with Gasteiger partial charge in [0, 0.05) is 44.7 Å². The Morgan fingerprint density at radius 1 is 1.14 bits per heavy atom. The first-order valence-corrected chi connectivity index (χ1v) is 10.1. The number of hydrogen-bond donors (Lipinski definition) is 0. The van der Waals surface area contributed by atoms with Crippen molar-refractivity contribution in [1.82, 2.24) is 19.8 Å². The highest BCUT2D eigenvalue weighted by Crippen LogP contribution is 2.30. The van der Waals surface area contributed by atoms with Crippen LogP contribution in [0.1, 0.15) is 54.9 Å². The van der Waals surface area contributed by atoms with E-state index < -0.39 is 0 Å². The maximum atomic E-state index is 13.0. The zero-order valence-corrected chi connectivity index (χ0v) is 16.3. The van der Waals surface area contributed by atoms with E-state index in [4.69, 9.17) is 4.98 Å². The van der Waals surface area contributed by atoms with Crippen LogP contribution in [-0.4, -0.2) is 44.7 Å². The van der Waals surface area contributed by atoms with Crippen molar-refractivity contribution in [3.63, 3.8) is 0 Å². The fourth-order valence-corrected chi connectivity index (χ4v) is 4.13. The van der Waals surface area contributed by atoms with Gasteiger partial charge in [-0.25, -0.2) is 9.97 Å². The lowest BCUT2D eigenvalue weighted by atomic mass is 9.99. The van der Waals surface area contributed by atoms with Crippen LogP contribution in [0.15, 0.2) is 36.5 Å². The predicted octanol–water partition coefficient (Wildman–Crippen LogP) is 2.68. The summed E-state index contributed by atoms with van der Waals surface area (Å²) in [6, 6.07) is 9.83. The van der Waals surface area contributed by atoms with Crippen LogP contribution >= 0.6 is 0 Å². The number of carbonyl (C=O) groups is 2. The highest BCUT2D eigenvalue weighted by Gasteiger charge is 2.31. The second kappa shape index (κ2) is 8.09. The first-order valence-electron chi connectivity index (χ1n) is 10.1. The van der Waals surface area contributed by atoms with Crippen LogP contribution in [0.2, 0.25) is 0 Å². The van der Waals surface area contributed by atoms with Crippen molar-refractivity contribution in [3.05, 3.63) is 59.2 Å². The lowest BCUT2D eigenvalue weighted by Crippen LogP contribution is -2.40. The molecule has 2 amide bonds. The Hall–Kier alpha value is -2.76. The smallest absolute Gasteiger partial charge is 0.227 e. The maximum Gasteiger partial charge on any atom is 0.227 e. The Morgan fingerprint density at radius 2 is 1.96 bits per heavy atom. The minimum absolute atomic E-state index is 0.0545. The molecule has 1 aromatic heterocycles. The third-order valence-corrected chi connectivity index (χ3v) is 5.72. The van der Waals surface area contributed by atoms with E-state index in [2.05, 4.69) is 4.98 Å². The van der Waals surface area contributed by atoms with Crippen molar-refractivity contribution < 1.29 is 9.59 Å². The van der Waals surface area contributed by atoms with E-state index in [9.17, 15) is 9.59 Å². The molecule has 0 bridgehead atoms. The third-order valence-electron chi connectivity index (χ3n) is 5.72. The number of piperidine rings is 1. The molecule has 28 heavy (non-hydrogen) atoms. The predicted molar refractivity (Wildman–Crippen MR) is 105 cm³/mol. The van der Waals surface area contributed by atoms with Gasteiger partial charge in [-0.2, -0.15) is 0 Å². The Morgan fingerprint density at radius 3 is 2.75 bits per heavy atom. The summed E-state index contributed by atoms with van der Waals surface area (Å²) < 4.78 is 0. The molecule has 2 aromatic rings. The minimum Gasteiger partial charge on any atom is -0.338 e. The Labute approximate surface area is 165 Å². The summed E-state index contributed by atoms with van der Waals surface area (Å²) >= 11 is 0. The second-order valence-electron chi connectivity index (χ2n) is 7.65. The summed E-state index contributed by atoms with van der Waals surface area (Å²) in [5, 5.41) is 0. The largest absolute Gasteiger partial charge is 0.338 e. The lowest BCUT2D eigenvalue weighted by Gasteiger charge is -2.35. The van der Waals surface area contributed by atoms with Crippen LogP contribution in [0.5, 0.6) is 0 Å². The summed E-state index contributed by atoms with van der Waals surface area (Å²) in [6.45, 7) is 3.62. The first kappa shape index (κ1) is 18.6. The number of aromatic nitrogens is 2. The van der Waals surface area contributed by atoms with Gasteiger partial charge in [0.2, 0.25) is 11.8 Å². The maximum absolute atomic E-state index is 13.0. The molecule has 2 aliphatic rings. The molecule has 0 N–H and O–H groups in total. The number of benzene rings is 1. The zero-order valence-electron chi connectivity index (χ0n) is 16.3. The topological polar surface area (TPSA) is 66.4 Å². The van der Waals surface area contributed by atoms with Gasteiger partial charge in [0.1, 0.15) is 0 Å². The average molecular weight is 378 g/mol. The van der Waals surface area contributed by atoms with Crippen LogP contribution in [0.3, 0.4) is 0 Å². The van der Waals surface area contributed by atoms with Crippen LogP contribution in [0.4, 0.5) is 0 Å². The molecule has 6 nitrogen and oxygen atoms in total. The van der Waals surface area contributed by atoms with Gasteiger partial charge >= 0.3 is 0 Å². The molecular weight excluding hydrogens is 352 g/mol. The molecule has 4 rings (SSSR count). The van der Waals surface area contributed by atoms with E-state index in [0.29, 0.717) is 19.5 Å². The molecule has 6 heteroatoms. The number of likely N-dealkylation sites (tertiary alicyclic amines) is 1. The average Bonchev–Trinajstić information content (AvgIpc) is 2.73. The van der Waals surface area contributed by atoms with Crippen molar-refractivity contribution in [2.45, 2.75) is 51.6 Å². The number of fused-ring (bicyclic) bond motifs is 1. The molecular formula is C22H26N4O2. The van der Waals surface area contributed by atoms with Crippen LogP contribution < -0.4 is 0 Å². The van der Waals surface area contributed by atoms with Gasteiger partial charge in [0.05, 0.1) is 18.2 Å². The van der Waals surface area contributed by atoms with E-state index in [-0.39, 0.29) is 17.9 Å². The molecule has 0 spiro atoms. The van der Waals surface area contributed by atoms with Crippen LogP contribution in [0.25, 0.3) is 0 Å². The third kappa shape index (κ3) is 3.91. The van der Waals surface area contributed by atoms with Gasteiger partial charge in [0.15, 0.2) is 5.82 Å². The summed E-state index contributed by atoms with van der Waals surface area (Å²) in [7, 11) is 0.